The molecule has 0 aliphatic carbocycles. The maximum absolute atomic E-state index is 11.9. The summed E-state index contributed by atoms with van der Waals surface area (Å²) >= 11 is 0. The van der Waals surface area contributed by atoms with Crippen LogP contribution >= 0.6 is 0 Å². The maximum Gasteiger partial charge on any atom is 0.389 e. The number of rotatable bonds is 9. The molecule has 0 amide bonds. The van der Waals surface area contributed by atoms with Crippen LogP contribution in [0.5, 0.6) is 0 Å². The summed E-state index contributed by atoms with van der Waals surface area (Å²) in [5, 5.41) is 3.16. The number of nitrogens with two attached hydrogens (primary N) is 1. The first kappa shape index (κ1) is 17.0. The molecule has 1 rings (SSSR count). The standard InChI is InChI=1S/C15H23F3N2/c16-15(17,18)10-4-5-11-20-12-6-9-14(19)13-7-2-1-3-8-13/h1-3,7-8,14,20H,4-6,9-12,19H2. The summed E-state index contributed by atoms with van der Waals surface area (Å²) in [5.74, 6) is 0. The molecule has 0 saturated carbocycles. The summed E-state index contributed by atoms with van der Waals surface area (Å²) in [4.78, 5) is 0. The molecule has 3 N–H and O–H groups in total. The first-order valence-corrected chi connectivity index (χ1v) is 7.07. The van der Waals surface area contributed by atoms with Crippen molar-refractivity contribution in [2.75, 3.05) is 13.1 Å². The molecule has 0 aliphatic rings. The van der Waals surface area contributed by atoms with Gasteiger partial charge in [0.15, 0.2) is 0 Å². The molecule has 0 heterocycles. The fourth-order valence-corrected chi connectivity index (χ4v) is 2.01. The molecule has 0 saturated heterocycles. The molecular weight excluding hydrogens is 265 g/mol. The Balaban J connectivity index is 1.97. The molecule has 0 bridgehead atoms. The van der Waals surface area contributed by atoms with E-state index in [0.29, 0.717) is 13.0 Å². The van der Waals surface area contributed by atoms with E-state index in [2.05, 4.69) is 5.32 Å². The number of unbranched alkanes of at least 4 members (excludes halogenated alkanes) is 1. The van der Waals surface area contributed by atoms with Crippen molar-refractivity contribution >= 4 is 0 Å². The molecular formula is C15H23F3N2. The molecule has 0 radical (unpaired) electrons. The Kier molecular flexibility index (Phi) is 7.62. The molecule has 0 spiro atoms. The van der Waals surface area contributed by atoms with Gasteiger partial charge >= 0.3 is 6.18 Å². The van der Waals surface area contributed by atoms with Gasteiger partial charge < -0.3 is 11.1 Å². The van der Waals surface area contributed by atoms with E-state index in [9.17, 15) is 13.2 Å². The second-order valence-electron chi connectivity index (χ2n) is 4.98. The first-order valence-electron chi connectivity index (χ1n) is 7.07. The zero-order valence-electron chi connectivity index (χ0n) is 11.6. The third-order valence-corrected chi connectivity index (χ3v) is 3.16. The predicted molar refractivity (Wildman–Crippen MR) is 75.4 cm³/mol. The van der Waals surface area contributed by atoms with Crippen molar-refractivity contribution in [3.63, 3.8) is 0 Å². The zero-order valence-corrected chi connectivity index (χ0v) is 11.6. The zero-order chi connectivity index (χ0) is 14.8. The predicted octanol–water partition coefficient (Wildman–Crippen LogP) is 3.79. The molecule has 1 unspecified atom stereocenters. The quantitative estimate of drug-likeness (QED) is 0.678. The Morgan fingerprint density at radius 3 is 2.30 bits per heavy atom. The number of hydrogen-bond acceptors (Lipinski definition) is 2. The molecule has 2 nitrogen and oxygen atoms in total. The normalized spacial score (nSPS) is 13.4. The van der Waals surface area contributed by atoms with Crippen LogP contribution in [0.25, 0.3) is 0 Å². The van der Waals surface area contributed by atoms with Crippen LogP contribution in [-0.2, 0) is 0 Å². The number of halogens is 3. The van der Waals surface area contributed by atoms with Crippen LogP contribution in [0, 0.1) is 0 Å². The monoisotopic (exact) mass is 288 g/mol. The van der Waals surface area contributed by atoms with Gasteiger partial charge in [0, 0.05) is 12.5 Å². The van der Waals surface area contributed by atoms with Gasteiger partial charge in [-0.1, -0.05) is 30.3 Å². The number of alkyl halides is 3. The molecule has 1 aromatic rings. The highest BCUT2D eigenvalue weighted by atomic mass is 19.4. The van der Waals surface area contributed by atoms with Crippen LogP contribution in [0.2, 0.25) is 0 Å². The minimum Gasteiger partial charge on any atom is -0.324 e. The van der Waals surface area contributed by atoms with Crippen LogP contribution in [0.15, 0.2) is 30.3 Å². The highest BCUT2D eigenvalue weighted by Gasteiger charge is 2.25. The van der Waals surface area contributed by atoms with Gasteiger partial charge in [-0.25, -0.2) is 0 Å². The fraction of sp³-hybridized carbons (Fsp3) is 0.600. The van der Waals surface area contributed by atoms with Crippen molar-refractivity contribution in [2.24, 2.45) is 5.73 Å². The van der Waals surface area contributed by atoms with Crippen LogP contribution < -0.4 is 11.1 Å². The van der Waals surface area contributed by atoms with Gasteiger partial charge in [0.25, 0.3) is 0 Å². The fourth-order valence-electron chi connectivity index (χ4n) is 2.01. The van der Waals surface area contributed by atoms with Gasteiger partial charge in [-0.3, -0.25) is 0 Å². The van der Waals surface area contributed by atoms with Crippen molar-refractivity contribution in [3.8, 4) is 0 Å². The minimum absolute atomic E-state index is 0.0308. The van der Waals surface area contributed by atoms with E-state index in [0.717, 1.165) is 24.9 Å². The van der Waals surface area contributed by atoms with E-state index in [1.165, 1.54) is 0 Å². The Labute approximate surface area is 118 Å². The summed E-state index contributed by atoms with van der Waals surface area (Å²) in [5.41, 5.74) is 7.18. The molecule has 0 fully saturated rings. The van der Waals surface area contributed by atoms with Crippen LogP contribution in [-0.4, -0.2) is 19.3 Å². The van der Waals surface area contributed by atoms with E-state index in [1.54, 1.807) is 0 Å². The van der Waals surface area contributed by atoms with Gasteiger partial charge in [-0.15, -0.1) is 0 Å². The molecule has 1 aromatic carbocycles. The molecule has 1 atom stereocenters. The second-order valence-corrected chi connectivity index (χ2v) is 4.98. The van der Waals surface area contributed by atoms with E-state index in [4.69, 9.17) is 5.73 Å². The minimum atomic E-state index is -4.03. The Morgan fingerprint density at radius 2 is 1.65 bits per heavy atom. The molecule has 5 heteroatoms. The average Bonchev–Trinajstić information content (AvgIpc) is 2.41. The smallest absolute Gasteiger partial charge is 0.324 e. The lowest BCUT2D eigenvalue weighted by atomic mass is 10.0. The Morgan fingerprint density at radius 1 is 1.00 bits per heavy atom. The second kappa shape index (κ2) is 8.97. The summed E-state index contributed by atoms with van der Waals surface area (Å²) in [6.45, 7) is 1.43. The van der Waals surface area contributed by atoms with Gasteiger partial charge in [-0.05, 0) is 44.3 Å². The van der Waals surface area contributed by atoms with Gasteiger partial charge in [0.05, 0.1) is 0 Å². The molecule has 0 aromatic heterocycles. The molecule has 0 aliphatic heterocycles. The summed E-state index contributed by atoms with van der Waals surface area (Å²) in [6.07, 6.45) is -2.16. The van der Waals surface area contributed by atoms with E-state index in [1.807, 2.05) is 30.3 Å². The van der Waals surface area contributed by atoms with Gasteiger partial charge in [0.2, 0.25) is 0 Å². The first-order chi connectivity index (χ1) is 9.49. The molecule has 20 heavy (non-hydrogen) atoms. The average molecular weight is 288 g/mol. The summed E-state index contributed by atoms with van der Waals surface area (Å²) in [6, 6.07) is 9.94. The summed E-state index contributed by atoms with van der Waals surface area (Å²) < 4.78 is 35.7. The van der Waals surface area contributed by atoms with Crippen LogP contribution in [0.1, 0.15) is 43.7 Å². The Hall–Kier alpha value is -1.07. The SMILES string of the molecule is NC(CCCNCCCCC(F)(F)F)c1ccccc1. The third-order valence-electron chi connectivity index (χ3n) is 3.16. The number of nitrogens with one attached hydrogen (secondary N) is 1. The van der Waals surface area contributed by atoms with E-state index < -0.39 is 12.6 Å². The third kappa shape index (κ3) is 8.17. The highest BCUT2D eigenvalue weighted by molar-refractivity contribution is 5.18. The van der Waals surface area contributed by atoms with Crippen molar-refractivity contribution < 1.29 is 13.2 Å². The lowest BCUT2D eigenvalue weighted by Crippen LogP contribution is -2.19. The van der Waals surface area contributed by atoms with Crippen molar-refractivity contribution in [3.05, 3.63) is 35.9 Å². The Bertz CT molecular complexity index is 352. The van der Waals surface area contributed by atoms with Crippen molar-refractivity contribution in [1.29, 1.82) is 0 Å². The lowest BCUT2D eigenvalue weighted by molar-refractivity contribution is -0.135. The van der Waals surface area contributed by atoms with E-state index >= 15 is 0 Å². The van der Waals surface area contributed by atoms with Crippen LogP contribution in [0.3, 0.4) is 0 Å². The van der Waals surface area contributed by atoms with Crippen LogP contribution in [0.4, 0.5) is 13.2 Å². The number of benzene rings is 1. The van der Waals surface area contributed by atoms with E-state index in [-0.39, 0.29) is 12.5 Å². The van der Waals surface area contributed by atoms with Gasteiger partial charge in [0.1, 0.15) is 0 Å². The lowest BCUT2D eigenvalue weighted by Gasteiger charge is -2.12. The highest BCUT2D eigenvalue weighted by Crippen LogP contribution is 2.21. The topological polar surface area (TPSA) is 38.0 Å². The van der Waals surface area contributed by atoms with Gasteiger partial charge in [-0.2, -0.15) is 13.2 Å². The largest absolute Gasteiger partial charge is 0.389 e. The van der Waals surface area contributed by atoms with Crippen molar-refractivity contribution in [2.45, 2.75) is 44.3 Å². The molecule has 114 valence electrons. The number of hydrogen-bond donors (Lipinski definition) is 2. The maximum atomic E-state index is 11.9. The van der Waals surface area contributed by atoms with Crippen molar-refractivity contribution in [1.82, 2.24) is 5.32 Å². The summed E-state index contributed by atoms with van der Waals surface area (Å²) in [7, 11) is 0.